The van der Waals surface area contributed by atoms with Gasteiger partial charge in [0.2, 0.25) is 11.7 Å². The highest BCUT2D eigenvalue weighted by atomic mass is 16.1. The topological polar surface area (TPSA) is 67.5 Å². The Bertz CT molecular complexity index is 1220. The van der Waals surface area contributed by atoms with Crippen LogP contribution in [-0.2, 0) is 6.54 Å². The number of anilines is 2. The molecule has 148 valence electrons. The van der Waals surface area contributed by atoms with Gasteiger partial charge in [-0.15, -0.1) is 10.2 Å². The van der Waals surface area contributed by atoms with Crippen LogP contribution in [0, 0.1) is 0 Å². The van der Waals surface area contributed by atoms with Crippen LogP contribution in [0.4, 0.5) is 11.6 Å². The van der Waals surface area contributed by atoms with Crippen molar-refractivity contribution in [2.24, 2.45) is 0 Å². The van der Waals surface area contributed by atoms with E-state index in [-0.39, 0.29) is 5.56 Å². The molecule has 0 saturated carbocycles. The molecule has 0 radical (unpaired) electrons. The summed E-state index contributed by atoms with van der Waals surface area (Å²) in [5.41, 5.74) is 2.81. The zero-order valence-electron chi connectivity index (χ0n) is 16.5. The zero-order valence-corrected chi connectivity index (χ0v) is 16.5. The summed E-state index contributed by atoms with van der Waals surface area (Å²) in [6.07, 6.45) is 2.31. The van der Waals surface area contributed by atoms with Gasteiger partial charge in [0.1, 0.15) is 0 Å². The first-order valence-electron chi connectivity index (χ1n) is 10.2. The molecule has 7 heteroatoms. The lowest BCUT2D eigenvalue weighted by Crippen LogP contribution is -2.26. The summed E-state index contributed by atoms with van der Waals surface area (Å²) in [6.45, 7) is 5.25. The smallest absolute Gasteiger partial charge is 0.263 e. The van der Waals surface area contributed by atoms with E-state index in [0.29, 0.717) is 17.7 Å². The molecule has 1 aliphatic rings. The molecule has 1 fully saturated rings. The van der Waals surface area contributed by atoms with Crippen molar-refractivity contribution < 1.29 is 0 Å². The van der Waals surface area contributed by atoms with Crippen LogP contribution in [0.25, 0.3) is 16.7 Å². The molecule has 1 saturated heterocycles. The van der Waals surface area contributed by atoms with Crippen molar-refractivity contribution in [2.75, 3.05) is 29.9 Å². The van der Waals surface area contributed by atoms with Crippen LogP contribution in [0.15, 0.2) is 53.3 Å². The Morgan fingerprint density at radius 1 is 1.03 bits per heavy atom. The number of aromatic nitrogens is 4. The number of hydrogen-bond acceptors (Lipinski definition) is 5. The maximum absolute atomic E-state index is 13.5. The monoisotopic (exact) mass is 388 g/mol. The fourth-order valence-electron chi connectivity index (χ4n) is 4.14. The lowest BCUT2D eigenvalue weighted by molar-refractivity contribution is 0.765. The van der Waals surface area contributed by atoms with Crippen LogP contribution >= 0.6 is 0 Å². The lowest BCUT2D eigenvalue weighted by atomic mass is 10.2. The molecule has 0 bridgehead atoms. The van der Waals surface area contributed by atoms with Crippen LogP contribution in [0.1, 0.15) is 25.3 Å². The second kappa shape index (κ2) is 7.24. The summed E-state index contributed by atoms with van der Waals surface area (Å²) in [5, 5.41) is 12.9. The third-order valence-corrected chi connectivity index (χ3v) is 5.54. The first-order chi connectivity index (χ1) is 14.3. The van der Waals surface area contributed by atoms with Gasteiger partial charge in [0.15, 0.2) is 0 Å². The van der Waals surface area contributed by atoms with E-state index < -0.39 is 0 Å². The molecular formula is C22H24N6O. The highest BCUT2D eigenvalue weighted by Crippen LogP contribution is 2.25. The molecule has 0 aliphatic carbocycles. The minimum atomic E-state index is -0.0449. The van der Waals surface area contributed by atoms with E-state index in [2.05, 4.69) is 20.4 Å². The molecule has 29 heavy (non-hydrogen) atoms. The number of hydrogen-bond donors (Lipinski definition) is 1. The molecule has 2 aromatic carbocycles. The van der Waals surface area contributed by atoms with E-state index in [1.54, 1.807) is 4.57 Å². The molecule has 2 aromatic heterocycles. The van der Waals surface area contributed by atoms with Gasteiger partial charge in [-0.2, -0.15) is 0 Å². The highest BCUT2D eigenvalue weighted by molar-refractivity contribution is 5.85. The largest absolute Gasteiger partial charge is 0.385 e. The third kappa shape index (κ3) is 3.03. The van der Waals surface area contributed by atoms with Crippen molar-refractivity contribution in [3.8, 4) is 0 Å². The van der Waals surface area contributed by atoms with Crippen LogP contribution in [0.3, 0.4) is 0 Å². The summed E-state index contributed by atoms with van der Waals surface area (Å²) in [6, 6.07) is 16.0. The third-order valence-electron chi connectivity index (χ3n) is 5.54. The van der Waals surface area contributed by atoms with Gasteiger partial charge in [0.25, 0.3) is 5.56 Å². The lowest BCUT2D eigenvalue weighted by Gasteiger charge is -2.17. The van der Waals surface area contributed by atoms with Gasteiger partial charge in [-0.25, -0.2) is 4.40 Å². The summed E-state index contributed by atoms with van der Waals surface area (Å²) in [7, 11) is 0. The molecular weight excluding hydrogens is 364 g/mol. The minimum absolute atomic E-state index is 0.0449. The first kappa shape index (κ1) is 17.7. The average molecular weight is 388 g/mol. The van der Waals surface area contributed by atoms with E-state index in [1.165, 1.54) is 0 Å². The Hall–Kier alpha value is -3.35. The van der Waals surface area contributed by atoms with E-state index >= 15 is 0 Å². The Balaban J connectivity index is 1.79. The fraction of sp³-hybridized carbons (Fsp3) is 0.318. The Morgan fingerprint density at radius 2 is 1.83 bits per heavy atom. The normalized spacial score (nSPS) is 14.2. The van der Waals surface area contributed by atoms with Gasteiger partial charge in [-0.3, -0.25) is 9.36 Å². The standard InChI is InChI=1S/C22H24N6O/c1-2-23-17-10-11-19-18(14-17)20(29)27(15-16-8-4-3-5-9-16)22-25-24-21(28(19)22)26-12-6-7-13-26/h3-5,8-11,14,23H,2,6-7,12-13,15H2,1H3. The second-order valence-corrected chi connectivity index (χ2v) is 7.47. The Labute approximate surface area is 168 Å². The van der Waals surface area contributed by atoms with Crippen LogP contribution < -0.4 is 15.8 Å². The first-order valence-corrected chi connectivity index (χ1v) is 10.2. The van der Waals surface area contributed by atoms with Crippen molar-refractivity contribution in [2.45, 2.75) is 26.3 Å². The van der Waals surface area contributed by atoms with E-state index in [9.17, 15) is 4.79 Å². The van der Waals surface area contributed by atoms with Gasteiger partial charge in [0, 0.05) is 25.3 Å². The van der Waals surface area contributed by atoms with Gasteiger partial charge in [0.05, 0.1) is 17.4 Å². The zero-order chi connectivity index (χ0) is 19.8. The van der Waals surface area contributed by atoms with Crippen molar-refractivity contribution in [1.29, 1.82) is 0 Å². The Kier molecular flexibility index (Phi) is 4.42. The fourth-order valence-corrected chi connectivity index (χ4v) is 4.14. The number of benzene rings is 2. The number of nitrogens with one attached hydrogen (secondary N) is 1. The highest BCUT2D eigenvalue weighted by Gasteiger charge is 2.22. The molecule has 4 aromatic rings. The molecule has 1 aliphatic heterocycles. The summed E-state index contributed by atoms with van der Waals surface area (Å²) in [5.74, 6) is 1.41. The molecule has 7 nitrogen and oxygen atoms in total. The molecule has 5 rings (SSSR count). The summed E-state index contributed by atoms with van der Waals surface area (Å²) < 4.78 is 3.78. The number of nitrogens with zero attached hydrogens (tertiary/aromatic N) is 5. The minimum Gasteiger partial charge on any atom is -0.385 e. The number of fused-ring (bicyclic) bond motifs is 3. The summed E-state index contributed by atoms with van der Waals surface area (Å²) >= 11 is 0. The summed E-state index contributed by atoms with van der Waals surface area (Å²) in [4.78, 5) is 15.7. The van der Waals surface area contributed by atoms with Gasteiger partial charge in [-0.1, -0.05) is 30.3 Å². The molecule has 0 atom stereocenters. The van der Waals surface area contributed by atoms with Crippen molar-refractivity contribution in [1.82, 2.24) is 19.2 Å². The van der Waals surface area contributed by atoms with Crippen LogP contribution in [-0.4, -0.2) is 38.8 Å². The average Bonchev–Trinajstić information content (AvgIpc) is 3.42. The maximum Gasteiger partial charge on any atom is 0.263 e. The van der Waals surface area contributed by atoms with E-state index in [1.807, 2.05) is 59.9 Å². The molecule has 3 heterocycles. The quantitative estimate of drug-likeness (QED) is 0.569. The van der Waals surface area contributed by atoms with Crippen LogP contribution in [0.2, 0.25) is 0 Å². The van der Waals surface area contributed by atoms with Gasteiger partial charge >= 0.3 is 0 Å². The van der Waals surface area contributed by atoms with Crippen molar-refractivity contribution in [3.63, 3.8) is 0 Å². The molecule has 0 amide bonds. The van der Waals surface area contributed by atoms with Crippen molar-refractivity contribution in [3.05, 3.63) is 64.4 Å². The number of rotatable bonds is 5. The van der Waals surface area contributed by atoms with Crippen LogP contribution in [0.5, 0.6) is 0 Å². The molecule has 0 unspecified atom stereocenters. The second-order valence-electron chi connectivity index (χ2n) is 7.47. The Morgan fingerprint density at radius 3 is 2.59 bits per heavy atom. The molecule has 0 spiro atoms. The van der Waals surface area contributed by atoms with E-state index in [0.717, 1.165) is 55.2 Å². The predicted octanol–water partition coefficient (Wildman–Crippen LogP) is 3.12. The van der Waals surface area contributed by atoms with Gasteiger partial charge in [-0.05, 0) is 43.5 Å². The maximum atomic E-state index is 13.5. The van der Waals surface area contributed by atoms with Crippen molar-refractivity contribution >= 4 is 28.3 Å². The SMILES string of the molecule is CCNc1ccc2c(c1)c(=O)n(Cc1ccccc1)c1nnc(N3CCCC3)n21. The van der Waals surface area contributed by atoms with Gasteiger partial charge < -0.3 is 10.2 Å². The predicted molar refractivity (Wildman–Crippen MR) is 116 cm³/mol. The molecule has 1 N–H and O–H groups in total. The van der Waals surface area contributed by atoms with E-state index in [4.69, 9.17) is 0 Å².